The van der Waals surface area contributed by atoms with Gasteiger partial charge in [0.15, 0.2) is 0 Å². The van der Waals surface area contributed by atoms with E-state index in [1.54, 1.807) is 0 Å². The first-order valence-corrected chi connectivity index (χ1v) is 8.84. The normalized spacial score (nSPS) is 16.9. The highest BCUT2D eigenvalue weighted by Crippen LogP contribution is 2.32. The molecule has 0 aliphatic heterocycles. The molecule has 18 heavy (non-hydrogen) atoms. The van der Waals surface area contributed by atoms with E-state index in [2.05, 4.69) is 46.9 Å². The van der Waals surface area contributed by atoms with Crippen molar-refractivity contribution in [3.05, 3.63) is 0 Å². The van der Waals surface area contributed by atoms with E-state index in [1.807, 2.05) is 0 Å². The average molecular weight is 277 g/mol. The molecule has 0 spiro atoms. The third-order valence-corrected chi connectivity index (χ3v) is 4.71. The van der Waals surface area contributed by atoms with E-state index in [0.717, 1.165) is 19.4 Å². The third-order valence-electron chi connectivity index (χ3n) is 3.68. The second kappa shape index (κ2) is 6.38. The quantitative estimate of drug-likeness (QED) is 0.778. The summed E-state index contributed by atoms with van der Waals surface area (Å²) >= 11 is 0. The standard InChI is InChI=1S/C14H31NO2S/c1-12(2)14(6,11-15-13(3,4)5)9-8-10-18(7,16)17/h12,15H,8-11H2,1-7H3. The van der Waals surface area contributed by atoms with E-state index in [1.165, 1.54) is 6.26 Å². The fraction of sp³-hybridized carbons (Fsp3) is 1.00. The molecule has 1 unspecified atom stereocenters. The zero-order chi connectivity index (χ0) is 14.6. The van der Waals surface area contributed by atoms with Crippen LogP contribution in [-0.2, 0) is 9.84 Å². The monoisotopic (exact) mass is 277 g/mol. The zero-order valence-corrected chi connectivity index (χ0v) is 13.9. The minimum Gasteiger partial charge on any atom is -0.312 e. The van der Waals surface area contributed by atoms with Crippen LogP contribution in [0.4, 0.5) is 0 Å². The second-order valence-electron chi connectivity index (χ2n) is 7.15. The van der Waals surface area contributed by atoms with Gasteiger partial charge in [-0.15, -0.1) is 0 Å². The highest BCUT2D eigenvalue weighted by Gasteiger charge is 2.29. The molecule has 3 nitrogen and oxygen atoms in total. The summed E-state index contributed by atoms with van der Waals surface area (Å²) in [5.74, 6) is 0.831. The van der Waals surface area contributed by atoms with Crippen LogP contribution in [0.2, 0.25) is 0 Å². The Kier molecular flexibility index (Phi) is 6.34. The Morgan fingerprint density at radius 1 is 1.11 bits per heavy atom. The van der Waals surface area contributed by atoms with E-state index in [0.29, 0.717) is 11.7 Å². The lowest BCUT2D eigenvalue weighted by Gasteiger charge is -2.37. The number of sulfone groups is 1. The molecule has 4 heteroatoms. The van der Waals surface area contributed by atoms with Gasteiger partial charge in [-0.3, -0.25) is 0 Å². The van der Waals surface area contributed by atoms with Crippen LogP contribution in [0.5, 0.6) is 0 Å². The van der Waals surface area contributed by atoms with Crippen LogP contribution in [0.3, 0.4) is 0 Å². The summed E-state index contributed by atoms with van der Waals surface area (Å²) in [4.78, 5) is 0. The van der Waals surface area contributed by atoms with Gasteiger partial charge in [0, 0.05) is 24.1 Å². The Hall–Kier alpha value is -0.0900. The predicted octanol–water partition coefficient (Wildman–Crippen LogP) is 2.86. The predicted molar refractivity (Wildman–Crippen MR) is 79.6 cm³/mol. The van der Waals surface area contributed by atoms with Crippen molar-refractivity contribution in [2.45, 2.75) is 59.9 Å². The van der Waals surface area contributed by atoms with Crippen molar-refractivity contribution >= 4 is 9.84 Å². The fourth-order valence-corrected chi connectivity index (χ4v) is 2.46. The number of rotatable bonds is 7. The van der Waals surface area contributed by atoms with Gasteiger partial charge in [0.2, 0.25) is 0 Å². The molecule has 0 aromatic heterocycles. The fourth-order valence-electron chi connectivity index (χ4n) is 1.79. The van der Waals surface area contributed by atoms with Crippen LogP contribution in [0.25, 0.3) is 0 Å². The summed E-state index contributed by atoms with van der Waals surface area (Å²) < 4.78 is 22.4. The van der Waals surface area contributed by atoms with Crippen molar-refractivity contribution in [3.63, 3.8) is 0 Å². The van der Waals surface area contributed by atoms with Crippen molar-refractivity contribution in [1.29, 1.82) is 0 Å². The SMILES string of the molecule is CC(C)C(C)(CCCS(C)(=O)=O)CNC(C)(C)C. The van der Waals surface area contributed by atoms with E-state index in [-0.39, 0.29) is 11.0 Å². The molecule has 0 aromatic carbocycles. The van der Waals surface area contributed by atoms with E-state index in [4.69, 9.17) is 0 Å². The minimum atomic E-state index is -2.84. The van der Waals surface area contributed by atoms with Gasteiger partial charge in [0.25, 0.3) is 0 Å². The molecule has 1 N–H and O–H groups in total. The maximum Gasteiger partial charge on any atom is 0.147 e. The lowest BCUT2D eigenvalue weighted by molar-refractivity contribution is 0.172. The van der Waals surface area contributed by atoms with Gasteiger partial charge in [0.1, 0.15) is 9.84 Å². The molecule has 0 heterocycles. The Labute approximate surface area is 114 Å². The summed E-state index contributed by atoms with van der Waals surface area (Å²) in [5.41, 5.74) is 0.255. The Morgan fingerprint density at radius 2 is 1.61 bits per heavy atom. The van der Waals surface area contributed by atoms with Crippen molar-refractivity contribution in [2.75, 3.05) is 18.6 Å². The molecule has 0 radical (unpaired) electrons. The summed E-state index contributed by atoms with van der Waals surface area (Å²) in [5, 5.41) is 3.54. The zero-order valence-electron chi connectivity index (χ0n) is 13.1. The van der Waals surface area contributed by atoms with Crippen LogP contribution in [0.15, 0.2) is 0 Å². The molecule has 0 bridgehead atoms. The largest absolute Gasteiger partial charge is 0.312 e. The highest BCUT2D eigenvalue weighted by molar-refractivity contribution is 7.90. The molecule has 0 aliphatic carbocycles. The number of hydrogen-bond acceptors (Lipinski definition) is 3. The highest BCUT2D eigenvalue weighted by atomic mass is 32.2. The van der Waals surface area contributed by atoms with E-state index >= 15 is 0 Å². The van der Waals surface area contributed by atoms with Gasteiger partial charge in [-0.05, 0) is 44.9 Å². The van der Waals surface area contributed by atoms with Gasteiger partial charge in [-0.2, -0.15) is 0 Å². The molecule has 1 atom stereocenters. The molecule has 0 saturated carbocycles. The third kappa shape index (κ3) is 8.09. The first kappa shape index (κ1) is 17.9. The van der Waals surface area contributed by atoms with Crippen molar-refractivity contribution in [1.82, 2.24) is 5.32 Å². The van der Waals surface area contributed by atoms with Crippen molar-refractivity contribution in [3.8, 4) is 0 Å². The molecule has 110 valence electrons. The first-order chi connectivity index (χ1) is 7.86. The molecular weight excluding hydrogens is 246 g/mol. The lowest BCUT2D eigenvalue weighted by atomic mass is 9.75. The van der Waals surface area contributed by atoms with Gasteiger partial charge >= 0.3 is 0 Å². The molecule has 0 saturated heterocycles. The Balaban J connectivity index is 4.44. The molecule has 0 amide bonds. The smallest absolute Gasteiger partial charge is 0.147 e. The topological polar surface area (TPSA) is 46.2 Å². The average Bonchev–Trinajstić information content (AvgIpc) is 2.11. The molecule has 0 aromatic rings. The van der Waals surface area contributed by atoms with Crippen LogP contribution in [-0.4, -0.2) is 32.5 Å². The maximum atomic E-state index is 11.2. The summed E-state index contributed by atoms with van der Waals surface area (Å²) in [6, 6.07) is 0. The minimum absolute atomic E-state index is 0.104. The lowest BCUT2D eigenvalue weighted by Crippen LogP contribution is -2.45. The summed E-state index contributed by atoms with van der Waals surface area (Å²) in [6.45, 7) is 14.1. The van der Waals surface area contributed by atoms with Crippen molar-refractivity contribution in [2.24, 2.45) is 11.3 Å². The molecule has 0 fully saturated rings. The molecular formula is C14H31NO2S. The van der Waals surface area contributed by atoms with Gasteiger partial charge < -0.3 is 5.32 Å². The second-order valence-corrected chi connectivity index (χ2v) is 9.41. The van der Waals surface area contributed by atoms with Gasteiger partial charge in [-0.1, -0.05) is 20.8 Å². The number of hydrogen-bond donors (Lipinski definition) is 1. The molecule has 0 aliphatic rings. The Bertz CT molecular complexity index is 341. The Morgan fingerprint density at radius 3 is 1.94 bits per heavy atom. The van der Waals surface area contributed by atoms with E-state index in [9.17, 15) is 8.42 Å². The van der Waals surface area contributed by atoms with Crippen molar-refractivity contribution < 1.29 is 8.42 Å². The first-order valence-electron chi connectivity index (χ1n) is 6.78. The maximum absolute atomic E-state index is 11.2. The summed E-state index contributed by atoms with van der Waals surface area (Å²) in [7, 11) is -2.84. The molecule has 0 rings (SSSR count). The van der Waals surface area contributed by atoms with Crippen LogP contribution < -0.4 is 5.32 Å². The number of nitrogens with one attached hydrogen (secondary N) is 1. The summed E-state index contributed by atoms with van der Waals surface area (Å²) in [6.07, 6.45) is 3.01. The van der Waals surface area contributed by atoms with Gasteiger partial charge in [0.05, 0.1) is 0 Å². The van der Waals surface area contributed by atoms with Crippen LogP contribution in [0, 0.1) is 11.3 Å². The van der Waals surface area contributed by atoms with E-state index < -0.39 is 9.84 Å². The van der Waals surface area contributed by atoms with Gasteiger partial charge in [-0.25, -0.2) is 8.42 Å². The van der Waals surface area contributed by atoms with Crippen LogP contribution in [0.1, 0.15) is 54.4 Å². The van der Waals surface area contributed by atoms with Crippen LogP contribution >= 0.6 is 0 Å².